The average Bonchev–Trinajstić information content (AvgIpc) is 2.86. The molecule has 0 aliphatic rings. The minimum atomic E-state index is -0.229. The van der Waals surface area contributed by atoms with E-state index in [1.54, 1.807) is 36.5 Å². The fraction of sp³-hybridized carbons (Fsp3) is 0.154. The number of amides is 2. The van der Waals surface area contributed by atoms with Crippen LogP contribution < -0.4 is 10.6 Å². The summed E-state index contributed by atoms with van der Waals surface area (Å²) in [6.45, 7) is 0.257. The van der Waals surface area contributed by atoms with Crippen LogP contribution in [0, 0.1) is 0 Å². The molecule has 2 N–H and O–H groups in total. The number of nitrogens with zero attached hydrogens (tertiary/aromatic N) is 1. The van der Waals surface area contributed by atoms with Crippen molar-refractivity contribution in [3.8, 4) is 0 Å². The summed E-state index contributed by atoms with van der Waals surface area (Å²) in [5.41, 5.74) is 0. The van der Waals surface area contributed by atoms with Gasteiger partial charge in [-0.25, -0.2) is 4.98 Å². The Morgan fingerprint density at radius 1 is 1.25 bits per heavy atom. The molecule has 2 heterocycles. The number of aromatic nitrogens is 1. The summed E-state index contributed by atoms with van der Waals surface area (Å²) in [5, 5.41) is 5.30. The van der Waals surface area contributed by atoms with Crippen LogP contribution in [-0.2, 0) is 4.79 Å². The van der Waals surface area contributed by atoms with Gasteiger partial charge in [0.1, 0.15) is 5.82 Å². The van der Waals surface area contributed by atoms with Crippen molar-refractivity contribution in [1.29, 1.82) is 0 Å². The zero-order chi connectivity index (χ0) is 14.4. The van der Waals surface area contributed by atoms with Crippen molar-refractivity contribution < 1.29 is 9.59 Å². The monoisotopic (exact) mass is 309 g/mol. The van der Waals surface area contributed by atoms with E-state index in [9.17, 15) is 9.59 Å². The topological polar surface area (TPSA) is 71.1 Å². The third-order valence-electron chi connectivity index (χ3n) is 2.37. The number of rotatable bonds is 5. The first-order valence-electron chi connectivity index (χ1n) is 5.89. The lowest BCUT2D eigenvalue weighted by Crippen LogP contribution is -2.27. The second-order valence-corrected chi connectivity index (χ2v) is 5.59. The van der Waals surface area contributed by atoms with E-state index < -0.39 is 0 Å². The van der Waals surface area contributed by atoms with Crippen LogP contribution in [0.3, 0.4) is 0 Å². The standard InChI is InChI=1S/C13H12ClN3O2S/c14-10-5-4-9(20-10)13(19)16-8-6-12(18)17-11-3-1-2-7-15-11/h1-5,7H,6,8H2,(H,16,19)(H,15,17,18). The van der Waals surface area contributed by atoms with E-state index in [2.05, 4.69) is 15.6 Å². The Bertz CT molecular complexity index is 601. The lowest BCUT2D eigenvalue weighted by atomic mass is 10.3. The summed E-state index contributed by atoms with van der Waals surface area (Å²) in [5.74, 6) is 0.0645. The molecule has 0 fully saturated rings. The van der Waals surface area contributed by atoms with Gasteiger partial charge in [-0.3, -0.25) is 9.59 Å². The molecule has 2 aromatic heterocycles. The number of anilines is 1. The predicted molar refractivity (Wildman–Crippen MR) is 79.1 cm³/mol. The first-order valence-corrected chi connectivity index (χ1v) is 7.09. The van der Waals surface area contributed by atoms with Gasteiger partial charge in [0.25, 0.3) is 5.91 Å². The van der Waals surface area contributed by atoms with E-state index >= 15 is 0 Å². The summed E-state index contributed by atoms with van der Waals surface area (Å²) >= 11 is 6.95. The zero-order valence-electron chi connectivity index (χ0n) is 10.4. The van der Waals surface area contributed by atoms with Crippen LogP contribution in [0.25, 0.3) is 0 Å². The highest BCUT2D eigenvalue weighted by Gasteiger charge is 2.09. The molecule has 104 valence electrons. The Kier molecular flexibility index (Phi) is 5.09. The number of nitrogens with one attached hydrogen (secondary N) is 2. The third-order valence-corrected chi connectivity index (χ3v) is 3.60. The number of carbonyl (C=O) groups excluding carboxylic acids is 2. The smallest absolute Gasteiger partial charge is 0.261 e. The van der Waals surface area contributed by atoms with Gasteiger partial charge in [-0.05, 0) is 24.3 Å². The van der Waals surface area contributed by atoms with Gasteiger partial charge in [-0.15, -0.1) is 11.3 Å². The Morgan fingerprint density at radius 3 is 2.75 bits per heavy atom. The van der Waals surface area contributed by atoms with Crippen molar-refractivity contribution in [2.24, 2.45) is 0 Å². The normalized spacial score (nSPS) is 10.1. The van der Waals surface area contributed by atoms with Gasteiger partial charge in [0, 0.05) is 19.2 Å². The molecule has 5 nitrogen and oxygen atoms in total. The zero-order valence-corrected chi connectivity index (χ0v) is 12.0. The first kappa shape index (κ1) is 14.5. The molecule has 0 aliphatic heterocycles. The van der Waals surface area contributed by atoms with Gasteiger partial charge in [0.15, 0.2) is 0 Å². The van der Waals surface area contributed by atoms with Crippen LogP contribution in [0.15, 0.2) is 36.5 Å². The lowest BCUT2D eigenvalue weighted by Gasteiger charge is -2.05. The Balaban J connectivity index is 1.73. The van der Waals surface area contributed by atoms with Gasteiger partial charge in [-0.1, -0.05) is 17.7 Å². The lowest BCUT2D eigenvalue weighted by molar-refractivity contribution is -0.116. The van der Waals surface area contributed by atoms with E-state index in [1.165, 1.54) is 11.3 Å². The van der Waals surface area contributed by atoms with Gasteiger partial charge in [0.2, 0.25) is 5.91 Å². The van der Waals surface area contributed by atoms with E-state index in [1.807, 2.05) is 0 Å². The molecule has 2 rings (SSSR count). The third kappa shape index (κ3) is 4.32. The number of thiophene rings is 1. The predicted octanol–water partition coefficient (Wildman–Crippen LogP) is 2.56. The summed E-state index contributed by atoms with van der Waals surface area (Å²) in [6.07, 6.45) is 1.78. The molecular formula is C13H12ClN3O2S. The fourth-order valence-electron chi connectivity index (χ4n) is 1.46. The molecule has 0 atom stereocenters. The Labute approximate surface area is 125 Å². The van der Waals surface area contributed by atoms with Crippen molar-refractivity contribution in [2.45, 2.75) is 6.42 Å². The first-order chi connectivity index (χ1) is 9.65. The Morgan fingerprint density at radius 2 is 2.10 bits per heavy atom. The molecular weight excluding hydrogens is 298 g/mol. The van der Waals surface area contributed by atoms with Gasteiger partial charge in [-0.2, -0.15) is 0 Å². The summed E-state index contributed by atoms with van der Waals surface area (Å²) in [6, 6.07) is 8.56. The summed E-state index contributed by atoms with van der Waals surface area (Å²) in [4.78, 5) is 27.8. The molecule has 0 saturated heterocycles. The quantitative estimate of drug-likeness (QED) is 0.891. The van der Waals surface area contributed by atoms with E-state index in [0.29, 0.717) is 15.0 Å². The molecule has 0 aliphatic carbocycles. The summed E-state index contributed by atoms with van der Waals surface area (Å²) < 4.78 is 0.558. The molecule has 20 heavy (non-hydrogen) atoms. The maximum Gasteiger partial charge on any atom is 0.261 e. The van der Waals surface area contributed by atoms with Crippen LogP contribution >= 0.6 is 22.9 Å². The number of hydrogen-bond donors (Lipinski definition) is 2. The number of carbonyl (C=O) groups is 2. The van der Waals surface area contributed by atoms with Crippen LogP contribution in [0.1, 0.15) is 16.1 Å². The van der Waals surface area contributed by atoms with Crippen molar-refractivity contribution in [1.82, 2.24) is 10.3 Å². The molecule has 0 bridgehead atoms. The van der Waals surface area contributed by atoms with Crippen molar-refractivity contribution in [2.75, 3.05) is 11.9 Å². The highest BCUT2D eigenvalue weighted by atomic mass is 35.5. The van der Waals surface area contributed by atoms with Crippen molar-refractivity contribution in [3.05, 3.63) is 45.7 Å². The molecule has 0 unspecified atom stereocenters. The van der Waals surface area contributed by atoms with Crippen LogP contribution in [0.4, 0.5) is 5.82 Å². The van der Waals surface area contributed by atoms with E-state index in [-0.39, 0.29) is 24.8 Å². The number of pyridine rings is 1. The van der Waals surface area contributed by atoms with Gasteiger partial charge < -0.3 is 10.6 Å². The second-order valence-electron chi connectivity index (χ2n) is 3.87. The van der Waals surface area contributed by atoms with Crippen molar-refractivity contribution in [3.63, 3.8) is 0 Å². The Hall–Kier alpha value is -1.92. The summed E-state index contributed by atoms with van der Waals surface area (Å²) in [7, 11) is 0. The van der Waals surface area contributed by atoms with Gasteiger partial charge >= 0.3 is 0 Å². The molecule has 2 amide bonds. The second kappa shape index (κ2) is 7.02. The highest BCUT2D eigenvalue weighted by Crippen LogP contribution is 2.20. The van der Waals surface area contributed by atoms with E-state index in [0.717, 1.165) is 0 Å². The SMILES string of the molecule is O=C(CCNC(=O)c1ccc(Cl)s1)Nc1ccccn1. The number of hydrogen-bond acceptors (Lipinski definition) is 4. The largest absolute Gasteiger partial charge is 0.351 e. The minimum Gasteiger partial charge on any atom is -0.351 e. The number of halogens is 1. The molecule has 7 heteroatoms. The van der Waals surface area contributed by atoms with Crippen LogP contribution in [-0.4, -0.2) is 23.3 Å². The molecule has 0 spiro atoms. The highest BCUT2D eigenvalue weighted by molar-refractivity contribution is 7.17. The average molecular weight is 310 g/mol. The minimum absolute atomic E-state index is 0.182. The van der Waals surface area contributed by atoms with Crippen molar-refractivity contribution >= 4 is 40.6 Å². The molecule has 0 saturated carbocycles. The maximum atomic E-state index is 11.7. The van der Waals surface area contributed by atoms with Crippen LogP contribution in [0.2, 0.25) is 4.34 Å². The van der Waals surface area contributed by atoms with Gasteiger partial charge in [0.05, 0.1) is 9.21 Å². The molecule has 2 aromatic rings. The van der Waals surface area contributed by atoms with Crippen LogP contribution in [0.5, 0.6) is 0 Å². The molecule has 0 aromatic carbocycles. The van der Waals surface area contributed by atoms with E-state index in [4.69, 9.17) is 11.6 Å². The maximum absolute atomic E-state index is 11.7. The fourth-order valence-corrected chi connectivity index (χ4v) is 2.41. The molecule has 0 radical (unpaired) electrons.